The molecular formula is C19H23ClN2O2S. The van der Waals surface area contributed by atoms with Crippen LogP contribution in [0.25, 0.3) is 0 Å². The lowest BCUT2D eigenvalue weighted by Gasteiger charge is -2.29. The molecule has 1 fully saturated rings. The van der Waals surface area contributed by atoms with Gasteiger partial charge in [0, 0.05) is 16.6 Å². The highest BCUT2D eigenvalue weighted by molar-refractivity contribution is 7.12. The van der Waals surface area contributed by atoms with E-state index >= 15 is 0 Å². The third-order valence-electron chi connectivity index (χ3n) is 4.47. The van der Waals surface area contributed by atoms with Crippen LogP contribution in [0.1, 0.15) is 33.6 Å². The molecule has 2 heterocycles. The Hall–Kier alpha value is -1.56. The fraction of sp³-hybridized carbons (Fsp3) is 0.421. The number of thiophene rings is 1. The number of nitrogens with one attached hydrogen (secondary N) is 1. The summed E-state index contributed by atoms with van der Waals surface area (Å²) in [6, 6.07) is 7.80. The van der Waals surface area contributed by atoms with Gasteiger partial charge in [-0.1, -0.05) is 11.6 Å². The Bertz CT molecular complexity index is 739. The van der Waals surface area contributed by atoms with E-state index in [1.54, 1.807) is 0 Å². The minimum absolute atomic E-state index is 0.0214. The zero-order chi connectivity index (χ0) is 17.8. The zero-order valence-corrected chi connectivity index (χ0v) is 16.1. The van der Waals surface area contributed by atoms with Gasteiger partial charge in [-0.3, -0.25) is 4.79 Å². The molecule has 6 heteroatoms. The summed E-state index contributed by atoms with van der Waals surface area (Å²) >= 11 is 7.49. The summed E-state index contributed by atoms with van der Waals surface area (Å²) in [6.45, 7) is 4.47. The predicted molar refractivity (Wildman–Crippen MR) is 103 cm³/mol. The van der Waals surface area contributed by atoms with Crippen molar-refractivity contribution < 1.29 is 9.53 Å². The van der Waals surface area contributed by atoms with Crippen LogP contribution in [0.3, 0.4) is 0 Å². The van der Waals surface area contributed by atoms with Gasteiger partial charge < -0.3 is 15.0 Å². The van der Waals surface area contributed by atoms with Gasteiger partial charge in [0.1, 0.15) is 12.4 Å². The van der Waals surface area contributed by atoms with Gasteiger partial charge in [-0.25, -0.2) is 0 Å². The molecule has 1 amide bonds. The molecule has 1 saturated heterocycles. The number of carbonyl (C=O) groups excluding carboxylic acids is 1. The summed E-state index contributed by atoms with van der Waals surface area (Å²) in [5.41, 5.74) is 1.99. The van der Waals surface area contributed by atoms with E-state index in [2.05, 4.69) is 17.3 Å². The highest BCUT2D eigenvalue weighted by atomic mass is 35.5. The number of benzene rings is 1. The summed E-state index contributed by atoms with van der Waals surface area (Å²) in [5.74, 6) is 0.804. The van der Waals surface area contributed by atoms with E-state index in [9.17, 15) is 4.79 Å². The Labute approximate surface area is 157 Å². The number of rotatable bonds is 5. The second-order valence-electron chi connectivity index (χ2n) is 6.57. The second kappa shape index (κ2) is 8.21. The van der Waals surface area contributed by atoms with Gasteiger partial charge in [0.05, 0.1) is 4.88 Å². The van der Waals surface area contributed by atoms with E-state index in [4.69, 9.17) is 16.3 Å². The Kier molecular flexibility index (Phi) is 5.99. The topological polar surface area (TPSA) is 41.6 Å². The molecule has 1 aromatic carbocycles. The summed E-state index contributed by atoms with van der Waals surface area (Å²) in [4.78, 5) is 15.4. The Morgan fingerprint density at radius 1 is 1.36 bits per heavy atom. The van der Waals surface area contributed by atoms with Crippen molar-refractivity contribution in [2.75, 3.05) is 20.1 Å². The molecule has 25 heavy (non-hydrogen) atoms. The van der Waals surface area contributed by atoms with Crippen LogP contribution in [0.2, 0.25) is 5.02 Å². The first-order valence-electron chi connectivity index (χ1n) is 8.47. The van der Waals surface area contributed by atoms with E-state index in [-0.39, 0.29) is 11.9 Å². The minimum Gasteiger partial charge on any atom is -0.489 e. The van der Waals surface area contributed by atoms with Crippen LogP contribution >= 0.6 is 22.9 Å². The number of piperidine rings is 1. The van der Waals surface area contributed by atoms with Crippen LogP contribution in [-0.4, -0.2) is 37.0 Å². The molecule has 1 aromatic heterocycles. The van der Waals surface area contributed by atoms with E-state index in [1.807, 2.05) is 36.6 Å². The third kappa shape index (κ3) is 4.97. The van der Waals surface area contributed by atoms with Crippen molar-refractivity contribution in [3.63, 3.8) is 0 Å². The fourth-order valence-electron chi connectivity index (χ4n) is 2.85. The van der Waals surface area contributed by atoms with Gasteiger partial charge >= 0.3 is 0 Å². The molecule has 0 aliphatic carbocycles. The third-order valence-corrected chi connectivity index (χ3v) is 5.87. The summed E-state index contributed by atoms with van der Waals surface area (Å²) in [5, 5.41) is 5.86. The molecule has 0 bridgehead atoms. The molecule has 2 aromatic rings. The number of halogens is 1. The molecular weight excluding hydrogens is 356 g/mol. The lowest BCUT2D eigenvalue weighted by molar-refractivity contribution is 0.0921. The molecule has 1 N–H and O–H groups in total. The first-order valence-corrected chi connectivity index (χ1v) is 9.73. The molecule has 1 aliphatic heterocycles. The highest BCUT2D eigenvalue weighted by Crippen LogP contribution is 2.23. The average Bonchev–Trinajstić information content (AvgIpc) is 3.07. The molecule has 3 rings (SSSR count). The standard InChI is InChI=1S/C19H23ClN2O2S/c1-13-9-16(3-4-17(13)20)24-11-14-10-18(25-12-14)19(23)21-15-5-7-22(2)8-6-15/h3-4,9-10,12,15H,5-8,11H2,1-2H3,(H,21,23). The number of ether oxygens (including phenoxy) is 1. The van der Waals surface area contributed by atoms with E-state index in [0.29, 0.717) is 6.61 Å². The first-order chi connectivity index (χ1) is 12.0. The number of carbonyl (C=O) groups is 1. The monoisotopic (exact) mass is 378 g/mol. The van der Waals surface area contributed by atoms with Gasteiger partial charge in [0.2, 0.25) is 0 Å². The Morgan fingerprint density at radius 3 is 2.84 bits per heavy atom. The Balaban J connectivity index is 1.52. The smallest absolute Gasteiger partial charge is 0.261 e. The van der Waals surface area contributed by atoms with Crippen LogP contribution in [0.5, 0.6) is 5.75 Å². The molecule has 0 atom stereocenters. The van der Waals surface area contributed by atoms with Gasteiger partial charge in [0.15, 0.2) is 0 Å². The number of nitrogens with zero attached hydrogens (tertiary/aromatic N) is 1. The van der Waals surface area contributed by atoms with E-state index < -0.39 is 0 Å². The van der Waals surface area contributed by atoms with Crippen molar-refractivity contribution in [3.8, 4) is 5.75 Å². The molecule has 0 radical (unpaired) electrons. The van der Waals surface area contributed by atoms with Crippen LogP contribution in [-0.2, 0) is 6.61 Å². The lowest BCUT2D eigenvalue weighted by Crippen LogP contribution is -2.43. The zero-order valence-electron chi connectivity index (χ0n) is 14.5. The van der Waals surface area contributed by atoms with Crippen LogP contribution in [0.15, 0.2) is 29.6 Å². The summed E-state index contributed by atoms with van der Waals surface area (Å²) in [7, 11) is 2.12. The molecule has 0 saturated carbocycles. The average molecular weight is 379 g/mol. The maximum atomic E-state index is 12.4. The van der Waals surface area contributed by atoms with Crippen molar-refractivity contribution in [2.24, 2.45) is 0 Å². The van der Waals surface area contributed by atoms with Gasteiger partial charge in [-0.15, -0.1) is 11.3 Å². The normalized spacial score (nSPS) is 16.0. The maximum Gasteiger partial charge on any atom is 0.261 e. The molecule has 134 valence electrons. The van der Waals surface area contributed by atoms with Gasteiger partial charge in [-0.05, 0) is 75.1 Å². The van der Waals surface area contributed by atoms with Crippen molar-refractivity contribution in [1.29, 1.82) is 0 Å². The Morgan fingerprint density at radius 2 is 2.12 bits per heavy atom. The van der Waals surface area contributed by atoms with Crippen molar-refractivity contribution in [2.45, 2.75) is 32.4 Å². The van der Waals surface area contributed by atoms with Crippen LogP contribution < -0.4 is 10.1 Å². The summed E-state index contributed by atoms with van der Waals surface area (Å²) in [6.07, 6.45) is 2.03. The quantitative estimate of drug-likeness (QED) is 0.851. The van der Waals surface area contributed by atoms with Crippen molar-refractivity contribution in [3.05, 3.63) is 50.7 Å². The molecule has 0 unspecified atom stereocenters. The van der Waals surface area contributed by atoms with Crippen molar-refractivity contribution in [1.82, 2.24) is 10.2 Å². The number of amides is 1. The number of hydrogen-bond donors (Lipinski definition) is 1. The molecule has 0 spiro atoms. The van der Waals surface area contributed by atoms with Gasteiger partial charge in [-0.2, -0.15) is 0 Å². The van der Waals surface area contributed by atoms with Crippen LogP contribution in [0, 0.1) is 6.92 Å². The lowest BCUT2D eigenvalue weighted by atomic mass is 10.1. The van der Waals surface area contributed by atoms with Gasteiger partial charge in [0.25, 0.3) is 5.91 Å². The number of aryl methyl sites for hydroxylation is 1. The summed E-state index contributed by atoms with van der Waals surface area (Å²) < 4.78 is 5.79. The highest BCUT2D eigenvalue weighted by Gasteiger charge is 2.19. The number of likely N-dealkylation sites (tertiary alicyclic amines) is 1. The van der Waals surface area contributed by atoms with E-state index in [0.717, 1.165) is 52.7 Å². The van der Waals surface area contributed by atoms with Crippen molar-refractivity contribution >= 4 is 28.8 Å². The fourth-order valence-corrected chi connectivity index (χ4v) is 3.77. The SMILES string of the molecule is Cc1cc(OCc2csc(C(=O)NC3CCN(C)CC3)c2)ccc1Cl. The maximum absolute atomic E-state index is 12.4. The molecule has 4 nitrogen and oxygen atoms in total. The second-order valence-corrected chi connectivity index (χ2v) is 7.89. The first kappa shape index (κ1) is 18.2. The minimum atomic E-state index is 0.0214. The largest absolute Gasteiger partial charge is 0.489 e. The predicted octanol–water partition coefficient (Wildman–Crippen LogP) is 4.11. The van der Waals surface area contributed by atoms with E-state index in [1.165, 1.54) is 11.3 Å². The number of hydrogen-bond acceptors (Lipinski definition) is 4. The van der Waals surface area contributed by atoms with Crippen LogP contribution in [0.4, 0.5) is 0 Å². The molecule has 1 aliphatic rings.